The third kappa shape index (κ3) is 2.97. The highest BCUT2D eigenvalue weighted by Crippen LogP contribution is 2.46. The molecule has 1 heterocycles. The molecule has 5 heteroatoms. The number of hydrogen-bond acceptors (Lipinski definition) is 2. The Hall–Kier alpha value is -1.55. The number of amides is 3. The lowest BCUT2D eigenvalue weighted by Gasteiger charge is -2.43. The van der Waals surface area contributed by atoms with Crippen LogP contribution in [0.25, 0.3) is 0 Å². The summed E-state index contributed by atoms with van der Waals surface area (Å²) in [5, 5.41) is 3.56. The summed E-state index contributed by atoms with van der Waals surface area (Å²) >= 11 is 6.17. The molecule has 0 aromatic heterocycles. The average molecular weight is 335 g/mol. The molecule has 1 aromatic carbocycles. The van der Waals surface area contributed by atoms with Crippen molar-refractivity contribution in [3.05, 3.63) is 34.9 Å². The lowest BCUT2D eigenvalue weighted by molar-refractivity contribution is -0.135. The molecule has 2 atom stereocenters. The van der Waals surface area contributed by atoms with E-state index in [9.17, 15) is 9.59 Å². The van der Waals surface area contributed by atoms with E-state index in [0.717, 1.165) is 12.0 Å². The van der Waals surface area contributed by atoms with E-state index in [4.69, 9.17) is 11.6 Å². The molecule has 4 nitrogen and oxygen atoms in total. The van der Waals surface area contributed by atoms with Crippen molar-refractivity contribution in [3.63, 3.8) is 0 Å². The van der Waals surface area contributed by atoms with E-state index in [2.05, 4.69) is 26.1 Å². The van der Waals surface area contributed by atoms with Crippen LogP contribution in [0.2, 0.25) is 5.02 Å². The van der Waals surface area contributed by atoms with Crippen LogP contribution in [0.5, 0.6) is 0 Å². The maximum Gasteiger partial charge on any atom is 0.325 e. The zero-order valence-electron chi connectivity index (χ0n) is 13.9. The molecule has 124 valence electrons. The van der Waals surface area contributed by atoms with Gasteiger partial charge >= 0.3 is 6.03 Å². The van der Waals surface area contributed by atoms with E-state index in [1.807, 2.05) is 18.2 Å². The topological polar surface area (TPSA) is 49.4 Å². The molecule has 1 aliphatic carbocycles. The van der Waals surface area contributed by atoms with Crippen LogP contribution in [0.3, 0.4) is 0 Å². The predicted octanol–water partition coefficient (Wildman–Crippen LogP) is 3.98. The van der Waals surface area contributed by atoms with Crippen molar-refractivity contribution >= 4 is 23.5 Å². The van der Waals surface area contributed by atoms with Crippen LogP contribution < -0.4 is 5.32 Å². The van der Waals surface area contributed by atoms with Crippen LogP contribution in [0, 0.1) is 11.3 Å². The smallest absolute Gasteiger partial charge is 0.323 e. The van der Waals surface area contributed by atoms with Crippen molar-refractivity contribution in [2.75, 3.05) is 0 Å². The van der Waals surface area contributed by atoms with Gasteiger partial charge in [0.2, 0.25) is 0 Å². The molecule has 1 spiro atoms. The SMILES string of the molecule is C[C@H]1CC(C)(C)C[C@@]2(C1)NC(=O)N(Cc1ccccc1Cl)C2=O. The van der Waals surface area contributed by atoms with Crippen LogP contribution in [0.1, 0.15) is 45.6 Å². The Morgan fingerprint density at radius 1 is 1.26 bits per heavy atom. The lowest BCUT2D eigenvalue weighted by atomic mass is 9.64. The molecular formula is C18H23ClN2O2. The second-order valence-corrected chi connectivity index (χ2v) is 8.26. The standard InChI is InChI=1S/C18H23ClN2O2/c1-12-8-17(2,3)11-18(9-12)15(22)21(16(23)20-18)10-13-6-4-5-7-14(13)19/h4-7,12H,8-11H2,1-3H3,(H,20,23)/t12-,18+/m0/s1. The molecule has 3 amide bonds. The maximum atomic E-state index is 13.0. The number of benzene rings is 1. The molecule has 1 aliphatic heterocycles. The Kier molecular flexibility index (Phi) is 3.91. The molecule has 3 rings (SSSR count). The summed E-state index contributed by atoms with van der Waals surface area (Å²) in [5.41, 5.74) is 0.0818. The van der Waals surface area contributed by atoms with E-state index in [-0.39, 0.29) is 23.9 Å². The number of urea groups is 1. The molecule has 2 fully saturated rings. The van der Waals surface area contributed by atoms with Gasteiger partial charge < -0.3 is 5.32 Å². The zero-order chi connectivity index (χ0) is 16.8. The fourth-order valence-electron chi connectivity index (χ4n) is 4.45. The van der Waals surface area contributed by atoms with Crippen molar-refractivity contribution in [2.24, 2.45) is 11.3 Å². The van der Waals surface area contributed by atoms with Gasteiger partial charge in [0.1, 0.15) is 5.54 Å². The average Bonchev–Trinajstić information content (AvgIpc) is 2.62. The highest BCUT2D eigenvalue weighted by Gasteiger charge is 2.56. The first-order valence-corrected chi connectivity index (χ1v) is 8.48. The highest BCUT2D eigenvalue weighted by molar-refractivity contribution is 6.31. The second-order valence-electron chi connectivity index (χ2n) is 7.85. The van der Waals surface area contributed by atoms with E-state index in [0.29, 0.717) is 23.8 Å². The van der Waals surface area contributed by atoms with Gasteiger partial charge in [-0.1, -0.05) is 50.6 Å². The number of carbonyl (C=O) groups excluding carboxylic acids is 2. The predicted molar refractivity (Wildman–Crippen MR) is 90.1 cm³/mol. The van der Waals surface area contributed by atoms with Crippen molar-refractivity contribution in [3.8, 4) is 0 Å². The largest absolute Gasteiger partial charge is 0.325 e. The fraction of sp³-hybridized carbons (Fsp3) is 0.556. The summed E-state index contributed by atoms with van der Waals surface area (Å²) in [5.74, 6) is 0.297. The molecule has 1 aromatic rings. The van der Waals surface area contributed by atoms with Gasteiger partial charge in [0.25, 0.3) is 5.91 Å². The Balaban J connectivity index is 1.87. The van der Waals surface area contributed by atoms with E-state index in [1.54, 1.807) is 6.07 Å². The van der Waals surface area contributed by atoms with Gasteiger partial charge in [-0.05, 0) is 42.2 Å². The van der Waals surface area contributed by atoms with Crippen LogP contribution >= 0.6 is 11.6 Å². The van der Waals surface area contributed by atoms with Crippen LogP contribution in [0.4, 0.5) is 4.79 Å². The Labute approximate surface area is 142 Å². The van der Waals surface area contributed by atoms with Gasteiger partial charge in [0.05, 0.1) is 6.54 Å². The summed E-state index contributed by atoms with van der Waals surface area (Å²) in [4.78, 5) is 26.8. The number of carbonyl (C=O) groups is 2. The van der Waals surface area contributed by atoms with Gasteiger partial charge in [0, 0.05) is 5.02 Å². The number of hydrogen-bond donors (Lipinski definition) is 1. The number of nitrogens with one attached hydrogen (secondary N) is 1. The summed E-state index contributed by atoms with van der Waals surface area (Å²) in [6.45, 7) is 6.71. The van der Waals surface area contributed by atoms with E-state index < -0.39 is 5.54 Å². The summed E-state index contributed by atoms with van der Waals surface area (Å²) in [6, 6.07) is 7.02. The molecule has 1 saturated heterocycles. The summed E-state index contributed by atoms with van der Waals surface area (Å²) in [7, 11) is 0. The van der Waals surface area contributed by atoms with Crippen LogP contribution in [-0.2, 0) is 11.3 Å². The normalized spacial score (nSPS) is 29.9. The zero-order valence-corrected chi connectivity index (χ0v) is 14.6. The Morgan fingerprint density at radius 3 is 2.61 bits per heavy atom. The Morgan fingerprint density at radius 2 is 1.96 bits per heavy atom. The van der Waals surface area contributed by atoms with Gasteiger partial charge in [-0.2, -0.15) is 0 Å². The number of nitrogens with zero attached hydrogens (tertiary/aromatic N) is 1. The first-order valence-electron chi connectivity index (χ1n) is 8.10. The monoisotopic (exact) mass is 334 g/mol. The first-order chi connectivity index (χ1) is 10.7. The number of halogens is 1. The van der Waals surface area contributed by atoms with Crippen molar-refractivity contribution in [1.82, 2.24) is 10.2 Å². The molecule has 0 bridgehead atoms. The minimum absolute atomic E-state index is 0.0427. The molecule has 1 N–H and O–H groups in total. The second kappa shape index (κ2) is 5.52. The maximum absolute atomic E-state index is 13.0. The highest BCUT2D eigenvalue weighted by atomic mass is 35.5. The molecule has 1 saturated carbocycles. The summed E-state index contributed by atoms with van der Waals surface area (Å²) < 4.78 is 0. The van der Waals surface area contributed by atoms with Crippen molar-refractivity contribution in [1.29, 1.82) is 0 Å². The van der Waals surface area contributed by atoms with E-state index in [1.165, 1.54) is 4.90 Å². The van der Waals surface area contributed by atoms with E-state index >= 15 is 0 Å². The van der Waals surface area contributed by atoms with Gasteiger partial charge in [-0.25, -0.2) is 4.79 Å². The van der Waals surface area contributed by atoms with Crippen LogP contribution in [0.15, 0.2) is 24.3 Å². The molecule has 0 unspecified atom stereocenters. The third-order valence-electron chi connectivity index (χ3n) is 4.91. The van der Waals surface area contributed by atoms with Gasteiger partial charge in [-0.3, -0.25) is 9.69 Å². The summed E-state index contributed by atoms with van der Waals surface area (Å²) in [6.07, 6.45) is 2.47. The quantitative estimate of drug-likeness (QED) is 0.832. The van der Waals surface area contributed by atoms with Crippen LogP contribution in [-0.4, -0.2) is 22.4 Å². The fourth-order valence-corrected chi connectivity index (χ4v) is 4.64. The van der Waals surface area contributed by atoms with Gasteiger partial charge in [0.15, 0.2) is 0 Å². The van der Waals surface area contributed by atoms with Gasteiger partial charge in [-0.15, -0.1) is 0 Å². The molecule has 0 radical (unpaired) electrons. The molecule has 2 aliphatic rings. The minimum Gasteiger partial charge on any atom is -0.323 e. The minimum atomic E-state index is -0.750. The molecular weight excluding hydrogens is 312 g/mol. The Bertz CT molecular complexity index is 658. The molecule has 23 heavy (non-hydrogen) atoms. The van der Waals surface area contributed by atoms with Crippen molar-refractivity contribution in [2.45, 2.75) is 52.1 Å². The third-order valence-corrected chi connectivity index (χ3v) is 5.28. The number of imide groups is 1. The lowest BCUT2D eigenvalue weighted by Crippen LogP contribution is -2.54. The van der Waals surface area contributed by atoms with Crippen molar-refractivity contribution < 1.29 is 9.59 Å². The first kappa shape index (κ1) is 16.3. The number of rotatable bonds is 2.